The minimum Gasteiger partial charge on any atom is -0.493 e. The molecule has 3 rings (SSSR count). The van der Waals surface area contributed by atoms with Crippen molar-refractivity contribution < 1.29 is 19.0 Å². The average molecular weight is 383 g/mol. The maximum atomic E-state index is 13.0. The molecule has 8 heteroatoms. The van der Waals surface area contributed by atoms with Crippen molar-refractivity contribution in [2.45, 2.75) is 13.5 Å². The second-order valence-electron chi connectivity index (χ2n) is 5.88. The van der Waals surface area contributed by atoms with Gasteiger partial charge in [0.1, 0.15) is 0 Å². The molecule has 1 N–H and O–H groups in total. The standard InChI is InChI=1S/C20H21N3O5/c1-5-23-20(25)14-9-7-6-8-13(14)17(22-23)19(24)21-12-10-15(26-2)18(28-4)16(11-12)27-3/h6-11H,5H2,1-4H3,(H,21,24). The Kier molecular flexibility index (Phi) is 5.49. The number of nitrogens with zero attached hydrogens (tertiary/aromatic N) is 2. The van der Waals surface area contributed by atoms with Crippen molar-refractivity contribution in [3.8, 4) is 17.2 Å². The van der Waals surface area contributed by atoms with Crippen LogP contribution in [0.5, 0.6) is 17.2 Å². The van der Waals surface area contributed by atoms with E-state index in [9.17, 15) is 9.59 Å². The molecule has 2 aromatic carbocycles. The molecule has 0 saturated carbocycles. The third-order valence-electron chi connectivity index (χ3n) is 4.30. The number of carbonyl (C=O) groups excluding carboxylic acids is 1. The Labute approximate surface area is 161 Å². The van der Waals surface area contributed by atoms with E-state index in [-0.39, 0.29) is 11.3 Å². The predicted octanol–water partition coefficient (Wildman–Crippen LogP) is 2.69. The molecule has 0 unspecified atom stereocenters. The lowest BCUT2D eigenvalue weighted by Gasteiger charge is -2.15. The maximum absolute atomic E-state index is 13.0. The largest absolute Gasteiger partial charge is 0.493 e. The summed E-state index contributed by atoms with van der Waals surface area (Å²) in [6.07, 6.45) is 0. The number of aryl methyl sites for hydroxylation is 1. The fourth-order valence-electron chi connectivity index (χ4n) is 2.96. The number of hydrogen-bond acceptors (Lipinski definition) is 6. The van der Waals surface area contributed by atoms with Crippen molar-refractivity contribution in [2.24, 2.45) is 0 Å². The first-order valence-corrected chi connectivity index (χ1v) is 8.65. The number of aromatic nitrogens is 2. The van der Waals surface area contributed by atoms with Gasteiger partial charge in [-0.3, -0.25) is 9.59 Å². The van der Waals surface area contributed by atoms with Gasteiger partial charge in [-0.05, 0) is 13.0 Å². The van der Waals surface area contributed by atoms with Crippen LogP contribution in [-0.2, 0) is 6.54 Å². The minimum atomic E-state index is -0.451. The number of fused-ring (bicyclic) bond motifs is 1. The van der Waals surface area contributed by atoms with E-state index in [1.165, 1.54) is 26.0 Å². The fraction of sp³-hybridized carbons (Fsp3) is 0.250. The fourth-order valence-corrected chi connectivity index (χ4v) is 2.96. The third kappa shape index (κ3) is 3.36. The van der Waals surface area contributed by atoms with Gasteiger partial charge in [-0.1, -0.05) is 18.2 Å². The SMILES string of the molecule is CCn1nc(C(=O)Nc2cc(OC)c(OC)c(OC)c2)c2ccccc2c1=O. The molecular weight excluding hydrogens is 362 g/mol. The lowest BCUT2D eigenvalue weighted by molar-refractivity contribution is 0.102. The van der Waals surface area contributed by atoms with Gasteiger partial charge in [0.25, 0.3) is 11.5 Å². The quantitative estimate of drug-likeness (QED) is 0.704. The summed E-state index contributed by atoms with van der Waals surface area (Å²) < 4.78 is 17.2. The molecule has 0 spiro atoms. The first-order chi connectivity index (χ1) is 13.5. The summed E-state index contributed by atoms with van der Waals surface area (Å²) in [6, 6.07) is 10.1. The highest BCUT2D eigenvalue weighted by Gasteiger charge is 2.19. The van der Waals surface area contributed by atoms with E-state index >= 15 is 0 Å². The molecule has 1 aromatic heterocycles. The summed E-state index contributed by atoms with van der Waals surface area (Å²) in [5, 5.41) is 7.96. The molecular formula is C20H21N3O5. The lowest BCUT2D eigenvalue weighted by Crippen LogP contribution is -2.27. The van der Waals surface area contributed by atoms with Crippen molar-refractivity contribution in [3.05, 3.63) is 52.4 Å². The van der Waals surface area contributed by atoms with Crippen molar-refractivity contribution in [3.63, 3.8) is 0 Å². The summed E-state index contributed by atoms with van der Waals surface area (Å²) in [4.78, 5) is 25.4. The smallest absolute Gasteiger partial charge is 0.276 e. The molecule has 0 atom stereocenters. The second kappa shape index (κ2) is 7.99. The number of benzene rings is 2. The van der Waals surface area contributed by atoms with Gasteiger partial charge in [0.2, 0.25) is 5.75 Å². The maximum Gasteiger partial charge on any atom is 0.276 e. The molecule has 0 radical (unpaired) electrons. The molecule has 0 aliphatic heterocycles. The van der Waals surface area contributed by atoms with Crippen LogP contribution in [0.4, 0.5) is 5.69 Å². The molecule has 0 fully saturated rings. The van der Waals surface area contributed by atoms with Crippen molar-refractivity contribution >= 4 is 22.4 Å². The normalized spacial score (nSPS) is 10.6. The number of ether oxygens (including phenoxy) is 3. The first kappa shape index (κ1) is 19.2. The number of nitrogens with one attached hydrogen (secondary N) is 1. The zero-order valence-corrected chi connectivity index (χ0v) is 16.1. The lowest BCUT2D eigenvalue weighted by atomic mass is 10.1. The van der Waals surface area contributed by atoms with Crippen molar-refractivity contribution in [1.29, 1.82) is 0 Å². The van der Waals surface area contributed by atoms with E-state index in [0.29, 0.717) is 40.3 Å². The molecule has 0 aliphatic carbocycles. The van der Waals surface area contributed by atoms with Crippen LogP contribution in [0.3, 0.4) is 0 Å². The molecule has 0 aliphatic rings. The zero-order valence-electron chi connectivity index (χ0n) is 16.1. The van der Waals surface area contributed by atoms with E-state index in [2.05, 4.69) is 10.4 Å². The third-order valence-corrected chi connectivity index (χ3v) is 4.30. The molecule has 0 bridgehead atoms. The van der Waals surface area contributed by atoms with Crippen LogP contribution >= 0.6 is 0 Å². The number of methoxy groups -OCH3 is 3. The van der Waals surface area contributed by atoms with Gasteiger partial charge in [-0.25, -0.2) is 4.68 Å². The van der Waals surface area contributed by atoms with Crippen LogP contribution in [-0.4, -0.2) is 37.0 Å². The van der Waals surface area contributed by atoms with Crippen LogP contribution < -0.4 is 25.1 Å². The Morgan fingerprint density at radius 2 is 1.64 bits per heavy atom. The summed E-state index contributed by atoms with van der Waals surface area (Å²) in [6.45, 7) is 2.15. The van der Waals surface area contributed by atoms with Crippen LogP contribution in [0, 0.1) is 0 Å². The topological polar surface area (TPSA) is 91.7 Å². The minimum absolute atomic E-state index is 0.158. The summed E-state index contributed by atoms with van der Waals surface area (Å²) in [5.41, 5.74) is 0.368. The number of hydrogen-bond donors (Lipinski definition) is 1. The number of anilines is 1. The first-order valence-electron chi connectivity index (χ1n) is 8.65. The summed E-state index contributed by atoms with van der Waals surface area (Å²) in [7, 11) is 4.49. The molecule has 3 aromatic rings. The number of rotatable bonds is 6. The zero-order chi connectivity index (χ0) is 20.3. The highest BCUT2D eigenvalue weighted by Crippen LogP contribution is 2.40. The Balaban J connectivity index is 2.07. The summed E-state index contributed by atoms with van der Waals surface area (Å²) in [5.74, 6) is 0.792. The highest BCUT2D eigenvalue weighted by atomic mass is 16.5. The Bertz CT molecular complexity index is 1070. The summed E-state index contributed by atoms with van der Waals surface area (Å²) >= 11 is 0. The monoisotopic (exact) mass is 383 g/mol. The Morgan fingerprint density at radius 1 is 1.04 bits per heavy atom. The van der Waals surface area contributed by atoms with Gasteiger partial charge in [0, 0.05) is 29.8 Å². The molecule has 8 nitrogen and oxygen atoms in total. The Morgan fingerprint density at radius 3 is 2.18 bits per heavy atom. The second-order valence-corrected chi connectivity index (χ2v) is 5.88. The molecule has 1 amide bonds. The predicted molar refractivity (Wildman–Crippen MR) is 106 cm³/mol. The van der Waals surface area contributed by atoms with Gasteiger partial charge < -0.3 is 19.5 Å². The van der Waals surface area contributed by atoms with E-state index < -0.39 is 5.91 Å². The van der Waals surface area contributed by atoms with E-state index in [1.54, 1.807) is 43.3 Å². The molecule has 146 valence electrons. The van der Waals surface area contributed by atoms with Crippen LogP contribution in [0.1, 0.15) is 17.4 Å². The molecule has 0 saturated heterocycles. The Hall–Kier alpha value is -3.55. The van der Waals surface area contributed by atoms with Gasteiger partial charge in [-0.2, -0.15) is 5.10 Å². The van der Waals surface area contributed by atoms with Gasteiger partial charge in [0.05, 0.1) is 26.7 Å². The number of amides is 1. The molecule has 1 heterocycles. The van der Waals surface area contributed by atoms with E-state index in [0.717, 1.165) is 0 Å². The van der Waals surface area contributed by atoms with Gasteiger partial charge in [0.15, 0.2) is 17.2 Å². The van der Waals surface area contributed by atoms with Crippen LogP contribution in [0.25, 0.3) is 10.8 Å². The van der Waals surface area contributed by atoms with Crippen molar-refractivity contribution in [1.82, 2.24) is 9.78 Å². The van der Waals surface area contributed by atoms with E-state index in [4.69, 9.17) is 14.2 Å². The van der Waals surface area contributed by atoms with Crippen LogP contribution in [0.2, 0.25) is 0 Å². The van der Waals surface area contributed by atoms with Crippen molar-refractivity contribution in [2.75, 3.05) is 26.6 Å². The number of carbonyl (C=O) groups is 1. The average Bonchev–Trinajstić information content (AvgIpc) is 2.73. The highest BCUT2D eigenvalue weighted by molar-refractivity contribution is 6.11. The van der Waals surface area contributed by atoms with Gasteiger partial charge >= 0.3 is 0 Å². The van der Waals surface area contributed by atoms with E-state index in [1.807, 2.05) is 0 Å². The molecule has 28 heavy (non-hydrogen) atoms. The van der Waals surface area contributed by atoms with Gasteiger partial charge in [-0.15, -0.1) is 0 Å². The van der Waals surface area contributed by atoms with Crippen LogP contribution in [0.15, 0.2) is 41.2 Å².